The number of rotatable bonds is 7. The topological polar surface area (TPSA) is 117 Å². The van der Waals surface area contributed by atoms with Crippen LogP contribution in [-0.2, 0) is 16.6 Å². The van der Waals surface area contributed by atoms with Crippen molar-refractivity contribution in [1.82, 2.24) is 29.3 Å². The maximum Gasteiger partial charge on any atom is 0.280 e. The average molecular weight is 468 g/mol. The van der Waals surface area contributed by atoms with Crippen LogP contribution in [0.3, 0.4) is 0 Å². The first kappa shape index (κ1) is 22.5. The highest BCUT2D eigenvalue weighted by Crippen LogP contribution is 2.24. The normalized spacial score (nSPS) is 11.5. The SMILES string of the molecule is CCn1cc(S(=O)(=O)Nc2ccc(Oc3cc(-n4nc(C)cc4C)nc(C)n3)cc2)nc1C. The number of ether oxygens (including phenoxy) is 1. The lowest BCUT2D eigenvalue weighted by atomic mass is 10.3. The zero-order chi connectivity index (χ0) is 23.8. The quantitative estimate of drug-likeness (QED) is 0.440. The van der Waals surface area contributed by atoms with Gasteiger partial charge in [0.25, 0.3) is 10.0 Å². The van der Waals surface area contributed by atoms with E-state index in [1.165, 1.54) is 6.20 Å². The molecule has 0 bridgehead atoms. The number of imidazole rings is 1. The summed E-state index contributed by atoms with van der Waals surface area (Å²) < 4.78 is 37.2. The number of benzene rings is 1. The lowest BCUT2D eigenvalue weighted by Gasteiger charge is -2.10. The smallest absolute Gasteiger partial charge is 0.280 e. The minimum Gasteiger partial charge on any atom is -0.439 e. The summed E-state index contributed by atoms with van der Waals surface area (Å²) in [6.45, 7) is 9.99. The molecule has 10 nitrogen and oxygen atoms in total. The minimum atomic E-state index is -3.79. The molecule has 11 heteroatoms. The molecule has 0 saturated carbocycles. The van der Waals surface area contributed by atoms with Crippen LogP contribution in [-0.4, -0.2) is 37.7 Å². The van der Waals surface area contributed by atoms with E-state index in [2.05, 4.69) is 24.8 Å². The van der Waals surface area contributed by atoms with Gasteiger partial charge in [-0.05, 0) is 65.0 Å². The first-order valence-electron chi connectivity index (χ1n) is 10.4. The van der Waals surface area contributed by atoms with E-state index in [0.717, 1.165) is 11.4 Å². The number of hydrogen-bond donors (Lipinski definition) is 1. The summed E-state index contributed by atoms with van der Waals surface area (Å²) in [5.41, 5.74) is 2.24. The molecule has 3 aromatic heterocycles. The summed E-state index contributed by atoms with van der Waals surface area (Å²) in [6.07, 6.45) is 1.52. The zero-order valence-corrected chi connectivity index (χ0v) is 19.9. The average Bonchev–Trinajstić information content (AvgIpc) is 3.30. The molecule has 172 valence electrons. The van der Waals surface area contributed by atoms with Crippen molar-refractivity contribution in [1.29, 1.82) is 0 Å². The van der Waals surface area contributed by atoms with Crippen molar-refractivity contribution < 1.29 is 13.2 Å². The van der Waals surface area contributed by atoms with E-state index in [-0.39, 0.29) is 5.03 Å². The van der Waals surface area contributed by atoms with Gasteiger partial charge in [0.2, 0.25) is 5.88 Å². The van der Waals surface area contributed by atoms with Crippen LogP contribution in [0.4, 0.5) is 5.69 Å². The Labute approximate surface area is 192 Å². The fourth-order valence-electron chi connectivity index (χ4n) is 3.39. The Hall–Kier alpha value is -3.73. The third-order valence-electron chi connectivity index (χ3n) is 4.93. The molecular weight excluding hydrogens is 442 g/mol. The Balaban J connectivity index is 1.51. The van der Waals surface area contributed by atoms with Gasteiger partial charge in [0.15, 0.2) is 10.8 Å². The molecule has 0 fully saturated rings. The van der Waals surface area contributed by atoms with Gasteiger partial charge in [-0.25, -0.2) is 14.6 Å². The maximum absolute atomic E-state index is 12.7. The summed E-state index contributed by atoms with van der Waals surface area (Å²) in [7, 11) is -3.79. The summed E-state index contributed by atoms with van der Waals surface area (Å²) in [4.78, 5) is 12.9. The summed E-state index contributed by atoms with van der Waals surface area (Å²) in [5.74, 6) is 2.65. The first-order chi connectivity index (χ1) is 15.6. The molecule has 0 unspecified atom stereocenters. The molecule has 0 aliphatic heterocycles. The van der Waals surface area contributed by atoms with Gasteiger partial charge in [-0.2, -0.15) is 18.5 Å². The van der Waals surface area contributed by atoms with Crippen LogP contribution in [0, 0.1) is 27.7 Å². The van der Waals surface area contributed by atoms with E-state index in [0.29, 0.717) is 41.3 Å². The van der Waals surface area contributed by atoms with Crippen molar-refractivity contribution in [3.63, 3.8) is 0 Å². The molecule has 1 N–H and O–H groups in total. The van der Waals surface area contributed by atoms with Crippen LogP contribution in [0.1, 0.15) is 30.0 Å². The highest BCUT2D eigenvalue weighted by molar-refractivity contribution is 7.92. The number of sulfonamides is 1. The van der Waals surface area contributed by atoms with Gasteiger partial charge in [-0.1, -0.05) is 0 Å². The van der Waals surface area contributed by atoms with E-state index < -0.39 is 10.0 Å². The van der Waals surface area contributed by atoms with Gasteiger partial charge in [0, 0.05) is 30.2 Å². The molecule has 0 amide bonds. The van der Waals surface area contributed by atoms with E-state index in [1.807, 2.05) is 26.8 Å². The Kier molecular flexibility index (Phi) is 5.90. The fourth-order valence-corrected chi connectivity index (χ4v) is 4.46. The second kappa shape index (κ2) is 8.66. The number of aryl methyl sites for hydroxylation is 5. The third-order valence-corrected chi connectivity index (χ3v) is 6.18. The lowest BCUT2D eigenvalue weighted by Crippen LogP contribution is -2.13. The van der Waals surface area contributed by atoms with Crippen LogP contribution < -0.4 is 9.46 Å². The Morgan fingerprint density at radius 1 is 1.00 bits per heavy atom. The fraction of sp³-hybridized carbons (Fsp3) is 0.273. The molecule has 0 radical (unpaired) electrons. The highest BCUT2D eigenvalue weighted by atomic mass is 32.2. The summed E-state index contributed by atoms with van der Waals surface area (Å²) in [6, 6.07) is 10.2. The van der Waals surface area contributed by atoms with Gasteiger partial charge >= 0.3 is 0 Å². The molecule has 4 aromatic rings. The van der Waals surface area contributed by atoms with Crippen LogP contribution in [0.5, 0.6) is 11.6 Å². The molecule has 0 aliphatic carbocycles. The Bertz CT molecular complexity index is 1410. The van der Waals surface area contributed by atoms with Crippen molar-refractivity contribution in [2.75, 3.05) is 4.72 Å². The van der Waals surface area contributed by atoms with E-state index in [4.69, 9.17) is 4.74 Å². The zero-order valence-electron chi connectivity index (χ0n) is 19.1. The number of nitrogens with one attached hydrogen (secondary N) is 1. The molecule has 4 rings (SSSR count). The van der Waals surface area contributed by atoms with Crippen molar-refractivity contribution in [2.45, 2.75) is 46.2 Å². The van der Waals surface area contributed by atoms with Crippen molar-refractivity contribution in [3.8, 4) is 17.4 Å². The third kappa shape index (κ3) is 4.87. The maximum atomic E-state index is 12.7. The number of hydrogen-bond acceptors (Lipinski definition) is 7. The van der Waals surface area contributed by atoms with E-state index in [9.17, 15) is 8.42 Å². The predicted octanol–water partition coefficient (Wildman–Crippen LogP) is 3.71. The molecule has 0 atom stereocenters. The van der Waals surface area contributed by atoms with Crippen molar-refractivity contribution in [2.24, 2.45) is 0 Å². The molecule has 1 aromatic carbocycles. The largest absolute Gasteiger partial charge is 0.439 e. The molecule has 0 saturated heterocycles. The predicted molar refractivity (Wildman–Crippen MR) is 123 cm³/mol. The Morgan fingerprint density at radius 2 is 1.73 bits per heavy atom. The van der Waals surface area contributed by atoms with Crippen molar-refractivity contribution >= 4 is 15.7 Å². The number of aromatic nitrogens is 6. The molecule has 0 spiro atoms. The standard InChI is InChI=1S/C22H25N7O3S/c1-6-28-13-22(25-17(28)5)33(30,31)27-18-7-9-19(10-8-18)32-21-12-20(23-16(4)24-21)29-15(3)11-14(2)26-29/h7-13,27H,6H2,1-5H3. The van der Waals surface area contributed by atoms with Gasteiger partial charge in [-0.3, -0.25) is 4.72 Å². The van der Waals surface area contributed by atoms with Gasteiger partial charge in [0.1, 0.15) is 17.4 Å². The van der Waals surface area contributed by atoms with Crippen LogP contribution in [0.15, 0.2) is 47.6 Å². The Morgan fingerprint density at radius 3 is 2.33 bits per heavy atom. The van der Waals surface area contributed by atoms with Gasteiger partial charge in [-0.15, -0.1) is 0 Å². The van der Waals surface area contributed by atoms with Crippen molar-refractivity contribution in [3.05, 3.63) is 65.6 Å². The molecule has 0 aliphatic rings. The highest BCUT2D eigenvalue weighted by Gasteiger charge is 2.19. The number of anilines is 1. The lowest BCUT2D eigenvalue weighted by molar-refractivity contribution is 0.459. The van der Waals surface area contributed by atoms with Gasteiger partial charge < -0.3 is 9.30 Å². The molecule has 33 heavy (non-hydrogen) atoms. The second-order valence-corrected chi connectivity index (χ2v) is 9.22. The van der Waals surface area contributed by atoms with Crippen LogP contribution in [0.2, 0.25) is 0 Å². The van der Waals surface area contributed by atoms with Crippen LogP contribution >= 0.6 is 0 Å². The summed E-state index contributed by atoms with van der Waals surface area (Å²) in [5, 5.41) is 4.43. The first-order valence-corrected chi connectivity index (χ1v) is 11.9. The number of nitrogens with zero attached hydrogens (tertiary/aromatic N) is 6. The second-order valence-electron chi connectivity index (χ2n) is 7.59. The monoisotopic (exact) mass is 467 g/mol. The van der Waals surface area contributed by atoms with E-state index in [1.54, 1.807) is 53.4 Å². The summed E-state index contributed by atoms with van der Waals surface area (Å²) >= 11 is 0. The molecule has 3 heterocycles. The molecular formula is C22H25N7O3S. The van der Waals surface area contributed by atoms with Gasteiger partial charge in [0.05, 0.1) is 5.69 Å². The van der Waals surface area contributed by atoms with E-state index >= 15 is 0 Å². The minimum absolute atomic E-state index is 0.0182. The van der Waals surface area contributed by atoms with Crippen LogP contribution in [0.25, 0.3) is 5.82 Å².